The van der Waals surface area contributed by atoms with Gasteiger partial charge >= 0.3 is 0 Å². The van der Waals surface area contributed by atoms with Gasteiger partial charge in [-0.3, -0.25) is 0 Å². The third-order valence-corrected chi connectivity index (χ3v) is 2.46. The Morgan fingerprint density at radius 2 is 2.31 bits per heavy atom. The maximum absolute atomic E-state index is 5.81. The van der Waals surface area contributed by atoms with E-state index in [1.54, 1.807) is 0 Å². The van der Waals surface area contributed by atoms with Gasteiger partial charge in [-0.25, -0.2) is 0 Å². The second kappa shape index (κ2) is 3.38. The Morgan fingerprint density at radius 3 is 3.08 bits per heavy atom. The molecule has 0 unspecified atom stereocenters. The molecular weight excluding hydrogens is 162 g/mol. The van der Waals surface area contributed by atoms with Crippen molar-refractivity contribution in [2.75, 3.05) is 6.61 Å². The molecule has 1 aliphatic heterocycles. The van der Waals surface area contributed by atoms with Crippen molar-refractivity contribution < 1.29 is 4.74 Å². The lowest BCUT2D eigenvalue weighted by atomic mass is 10.0. The second-order valence-corrected chi connectivity index (χ2v) is 3.61. The van der Waals surface area contributed by atoms with Gasteiger partial charge in [-0.1, -0.05) is 12.1 Å². The lowest BCUT2D eigenvalue weighted by Gasteiger charge is -2.18. The Balaban J connectivity index is 2.35. The molecule has 0 radical (unpaired) electrons. The standard InChI is InChI=1S/C11H15NO/c1-8(12)9-4-5-11-10(7-9)3-2-6-13-11/h4-5,7-8H,2-3,6,12H2,1H3/t8-/m0/s1. The summed E-state index contributed by atoms with van der Waals surface area (Å²) < 4.78 is 5.52. The molecule has 0 saturated carbocycles. The Labute approximate surface area is 78.7 Å². The van der Waals surface area contributed by atoms with Crippen LogP contribution < -0.4 is 10.5 Å². The molecule has 1 aromatic carbocycles. The molecule has 0 spiro atoms. The molecule has 1 atom stereocenters. The third-order valence-electron chi connectivity index (χ3n) is 2.46. The summed E-state index contributed by atoms with van der Waals surface area (Å²) in [4.78, 5) is 0. The van der Waals surface area contributed by atoms with Crippen LogP contribution in [0.2, 0.25) is 0 Å². The normalized spacial score (nSPS) is 17.4. The first kappa shape index (κ1) is 8.57. The zero-order valence-electron chi connectivity index (χ0n) is 7.92. The summed E-state index contributed by atoms with van der Waals surface area (Å²) in [5.74, 6) is 1.04. The van der Waals surface area contributed by atoms with Gasteiger partial charge in [-0.05, 0) is 37.0 Å². The van der Waals surface area contributed by atoms with Crippen LogP contribution in [0.25, 0.3) is 0 Å². The smallest absolute Gasteiger partial charge is 0.122 e. The van der Waals surface area contributed by atoms with Crippen LogP contribution in [-0.4, -0.2) is 6.61 Å². The topological polar surface area (TPSA) is 35.2 Å². The van der Waals surface area contributed by atoms with Crippen LogP contribution in [0.4, 0.5) is 0 Å². The molecule has 0 aromatic heterocycles. The number of hydrogen-bond acceptors (Lipinski definition) is 2. The third kappa shape index (κ3) is 1.68. The van der Waals surface area contributed by atoms with Gasteiger partial charge in [0.2, 0.25) is 0 Å². The van der Waals surface area contributed by atoms with Crippen LogP contribution in [0.5, 0.6) is 5.75 Å². The van der Waals surface area contributed by atoms with E-state index < -0.39 is 0 Å². The average molecular weight is 177 g/mol. The molecule has 1 aromatic rings. The summed E-state index contributed by atoms with van der Waals surface area (Å²) in [6.45, 7) is 2.86. The fourth-order valence-corrected chi connectivity index (χ4v) is 1.66. The Bertz CT molecular complexity index is 307. The summed E-state index contributed by atoms with van der Waals surface area (Å²) in [5.41, 5.74) is 8.31. The van der Waals surface area contributed by atoms with Crippen molar-refractivity contribution in [3.63, 3.8) is 0 Å². The molecule has 1 heterocycles. The predicted octanol–water partition coefficient (Wildman–Crippen LogP) is 2.03. The highest BCUT2D eigenvalue weighted by molar-refractivity contribution is 5.39. The number of aryl methyl sites for hydroxylation is 1. The molecule has 0 bridgehead atoms. The van der Waals surface area contributed by atoms with Gasteiger partial charge < -0.3 is 10.5 Å². The van der Waals surface area contributed by atoms with E-state index in [4.69, 9.17) is 10.5 Å². The van der Waals surface area contributed by atoms with Crippen LogP contribution in [0.15, 0.2) is 18.2 Å². The number of rotatable bonds is 1. The second-order valence-electron chi connectivity index (χ2n) is 3.61. The molecule has 2 rings (SSSR count). The van der Waals surface area contributed by atoms with Gasteiger partial charge in [0.15, 0.2) is 0 Å². The van der Waals surface area contributed by atoms with Gasteiger partial charge in [0.1, 0.15) is 5.75 Å². The van der Waals surface area contributed by atoms with Crippen LogP contribution in [0, 0.1) is 0 Å². The first-order valence-corrected chi connectivity index (χ1v) is 4.78. The molecule has 0 amide bonds. The number of fused-ring (bicyclic) bond motifs is 1. The molecule has 2 nitrogen and oxygen atoms in total. The van der Waals surface area contributed by atoms with Crippen molar-refractivity contribution in [3.8, 4) is 5.75 Å². The van der Waals surface area contributed by atoms with Crippen molar-refractivity contribution in [3.05, 3.63) is 29.3 Å². The van der Waals surface area contributed by atoms with E-state index in [2.05, 4.69) is 12.1 Å². The quantitative estimate of drug-likeness (QED) is 0.712. The largest absolute Gasteiger partial charge is 0.493 e. The molecule has 2 heteroatoms. The van der Waals surface area contributed by atoms with Crippen LogP contribution in [0.1, 0.15) is 30.5 Å². The first-order chi connectivity index (χ1) is 6.27. The molecular formula is C11H15NO. The summed E-state index contributed by atoms with van der Waals surface area (Å²) in [5, 5.41) is 0. The molecule has 0 saturated heterocycles. The van der Waals surface area contributed by atoms with E-state index in [1.165, 1.54) is 11.1 Å². The zero-order valence-corrected chi connectivity index (χ0v) is 7.92. The highest BCUT2D eigenvalue weighted by atomic mass is 16.5. The van der Waals surface area contributed by atoms with Gasteiger partial charge in [0.05, 0.1) is 6.61 Å². The van der Waals surface area contributed by atoms with E-state index in [0.717, 1.165) is 25.2 Å². The van der Waals surface area contributed by atoms with E-state index in [1.807, 2.05) is 13.0 Å². The molecule has 0 aliphatic carbocycles. The van der Waals surface area contributed by atoms with Crippen molar-refractivity contribution >= 4 is 0 Å². The first-order valence-electron chi connectivity index (χ1n) is 4.78. The average Bonchev–Trinajstić information content (AvgIpc) is 2.17. The fourth-order valence-electron chi connectivity index (χ4n) is 1.66. The van der Waals surface area contributed by atoms with Crippen LogP contribution in [-0.2, 0) is 6.42 Å². The van der Waals surface area contributed by atoms with Gasteiger partial charge in [-0.15, -0.1) is 0 Å². The zero-order chi connectivity index (χ0) is 9.26. The maximum atomic E-state index is 5.81. The molecule has 0 fully saturated rings. The highest BCUT2D eigenvalue weighted by Crippen LogP contribution is 2.26. The molecule has 2 N–H and O–H groups in total. The predicted molar refractivity (Wildman–Crippen MR) is 52.9 cm³/mol. The fraction of sp³-hybridized carbons (Fsp3) is 0.455. The Morgan fingerprint density at radius 1 is 1.46 bits per heavy atom. The Kier molecular flexibility index (Phi) is 2.23. The maximum Gasteiger partial charge on any atom is 0.122 e. The van der Waals surface area contributed by atoms with Crippen LogP contribution in [0.3, 0.4) is 0 Å². The van der Waals surface area contributed by atoms with Crippen LogP contribution >= 0.6 is 0 Å². The summed E-state index contributed by atoms with van der Waals surface area (Å²) in [6, 6.07) is 6.37. The number of benzene rings is 1. The van der Waals surface area contributed by atoms with Crippen molar-refractivity contribution in [1.82, 2.24) is 0 Å². The minimum Gasteiger partial charge on any atom is -0.493 e. The van der Waals surface area contributed by atoms with Crippen molar-refractivity contribution in [1.29, 1.82) is 0 Å². The summed E-state index contributed by atoms with van der Waals surface area (Å²) in [6.07, 6.45) is 2.24. The summed E-state index contributed by atoms with van der Waals surface area (Å²) in [7, 11) is 0. The highest BCUT2D eigenvalue weighted by Gasteiger charge is 2.11. The van der Waals surface area contributed by atoms with Gasteiger partial charge in [-0.2, -0.15) is 0 Å². The van der Waals surface area contributed by atoms with Crippen molar-refractivity contribution in [2.24, 2.45) is 5.73 Å². The molecule has 13 heavy (non-hydrogen) atoms. The van der Waals surface area contributed by atoms with Gasteiger partial charge in [0.25, 0.3) is 0 Å². The monoisotopic (exact) mass is 177 g/mol. The molecule has 70 valence electrons. The lowest BCUT2D eigenvalue weighted by Crippen LogP contribution is -2.10. The lowest BCUT2D eigenvalue weighted by molar-refractivity contribution is 0.288. The van der Waals surface area contributed by atoms with Gasteiger partial charge in [0, 0.05) is 6.04 Å². The van der Waals surface area contributed by atoms with E-state index >= 15 is 0 Å². The van der Waals surface area contributed by atoms with E-state index in [-0.39, 0.29) is 6.04 Å². The number of ether oxygens (including phenoxy) is 1. The summed E-state index contributed by atoms with van der Waals surface area (Å²) >= 11 is 0. The van der Waals surface area contributed by atoms with E-state index in [9.17, 15) is 0 Å². The minimum atomic E-state index is 0.118. The Hall–Kier alpha value is -1.02. The minimum absolute atomic E-state index is 0.118. The van der Waals surface area contributed by atoms with Crippen molar-refractivity contribution in [2.45, 2.75) is 25.8 Å². The van der Waals surface area contributed by atoms with E-state index in [0.29, 0.717) is 0 Å². The SMILES string of the molecule is C[C@H](N)c1ccc2c(c1)CCCO2. The number of nitrogens with two attached hydrogens (primary N) is 1. The number of hydrogen-bond donors (Lipinski definition) is 1. The molecule has 1 aliphatic rings.